The second-order valence-corrected chi connectivity index (χ2v) is 7.84. The molecule has 26 heavy (non-hydrogen) atoms. The maximum atomic E-state index is 12.2. The average Bonchev–Trinajstić information content (AvgIpc) is 3.03. The monoisotopic (exact) mass is 350 g/mol. The number of amides is 1. The zero-order valence-electron chi connectivity index (χ0n) is 16.1. The summed E-state index contributed by atoms with van der Waals surface area (Å²) in [6.07, 6.45) is 1.09. The molecule has 1 atom stereocenters. The molecule has 1 amide bonds. The van der Waals surface area contributed by atoms with Gasteiger partial charge in [-0.1, -0.05) is 46.8 Å². The second kappa shape index (κ2) is 6.94. The van der Waals surface area contributed by atoms with E-state index in [1.54, 1.807) is 0 Å². The summed E-state index contributed by atoms with van der Waals surface area (Å²) in [6, 6.07) is 13.8. The number of aromatic nitrogens is 1. The lowest BCUT2D eigenvalue weighted by Gasteiger charge is -2.17. The summed E-state index contributed by atoms with van der Waals surface area (Å²) in [5, 5.41) is 2.95. The average molecular weight is 350 g/mol. The Morgan fingerprint density at radius 1 is 1.19 bits per heavy atom. The van der Waals surface area contributed by atoms with E-state index in [0.717, 1.165) is 28.8 Å². The topological polar surface area (TPSA) is 55.1 Å². The molecule has 4 nitrogen and oxygen atoms in total. The van der Waals surface area contributed by atoms with E-state index in [9.17, 15) is 4.79 Å². The number of fused-ring (bicyclic) bond motifs is 1. The Morgan fingerprint density at radius 2 is 1.96 bits per heavy atom. The third kappa shape index (κ3) is 3.79. The molecule has 3 aromatic rings. The SMILES string of the molecule is CC[C@H](C)c1ccc2oc(-c3cccc(NC(=O)C(C)(C)C)c3)nc2c1. The van der Waals surface area contributed by atoms with Crippen molar-refractivity contribution in [1.82, 2.24) is 4.98 Å². The first-order chi connectivity index (χ1) is 12.3. The Hall–Kier alpha value is -2.62. The van der Waals surface area contributed by atoms with E-state index >= 15 is 0 Å². The van der Waals surface area contributed by atoms with Gasteiger partial charge in [0.05, 0.1) is 0 Å². The highest BCUT2D eigenvalue weighted by molar-refractivity contribution is 5.95. The predicted octanol–water partition coefficient (Wildman–Crippen LogP) is 5.99. The molecule has 1 heterocycles. The largest absolute Gasteiger partial charge is 0.436 e. The van der Waals surface area contributed by atoms with E-state index in [-0.39, 0.29) is 5.91 Å². The highest BCUT2D eigenvalue weighted by Gasteiger charge is 2.21. The van der Waals surface area contributed by atoms with Gasteiger partial charge in [-0.2, -0.15) is 0 Å². The normalized spacial score (nSPS) is 13.0. The van der Waals surface area contributed by atoms with Crippen molar-refractivity contribution < 1.29 is 9.21 Å². The van der Waals surface area contributed by atoms with Gasteiger partial charge in [0, 0.05) is 16.7 Å². The molecule has 0 aliphatic rings. The highest BCUT2D eigenvalue weighted by atomic mass is 16.3. The molecule has 136 valence electrons. The maximum Gasteiger partial charge on any atom is 0.229 e. The van der Waals surface area contributed by atoms with Crippen LogP contribution in [-0.4, -0.2) is 10.9 Å². The number of hydrogen-bond acceptors (Lipinski definition) is 3. The molecule has 0 aliphatic heterocycles. The summed E-state index contributed by atoms with van der Waals surface area (Å²) >= 11 is 0. The van der Waals surface area contributed by atoms with Gasteiger partial charge in [0.2, 0.25) is 11.8 Å². The molecule has 0 bridgehead atoms. The van der Waals surface area contributed by atoms with Crippen molar-refractivity contribution in [2.24, 2.45) is 5.41 Å². The van der Waals surface area contributed by atoms with Crippen LogP contribution in [0.3, 0.4) is 0 Å². The van der Waals surface area contributed by atoms with Crippen LogP contribution in [0, 0.1) is 5.41 Å². The van der Waals surface area contributed by atoms with Crippen LogP contribution in [-0.2, 0) is 4.79 Å². The fraction of sp³-hybridized carbons (Fsp3) is 0.364. The fourth-order valence-electron chi connectivity index (χ4n) is 2.66. The Kier molecular flexibility index (Phi) is 4.86. The van der Waals surface area contributed by atoms with Crippen LogP contribution >= 0.6 is 0 Å². The van der Waals surface area contributed by atoms with Gasteiger partial charge in [0.1, 0.15) is 5.52 Å². The molecule has 0 saturated heterocycles. The molecule has 1 N–H and O–H groups in total. The maximum absolute atomic E-state index is 12.2. The molecule has 2 aromatic carbocycles. The van der Waals surface area contributed by atoms with Crippen LogP contribution in [0.4, 0.5) is 5.69 Å². The second-order valence-electron chi connectivity index (χ2n) is 7.84. The quantitative estimate of drug-likeness (QED) is 0.628. The number of benzene rings is 2. The van der Waals surface area contributed by atoms with Crippen molar-refractivity contribution >= 4 is 22.7 Å². The Labute approximate surface area is 154 Å². The molecule has 3 rings (SSSR count). The molecule has 0 saturated carbocycles. The van der Waals surface area contributed by atoms with Crippen molar-refractivity contribution in [2.75, 3.05) is 5.32 Å². The van der Waals surface area contributed by atoms with Crippen LogP contribution in [0.15, 0.2) is 46.9 Å². The van der Waals surface area contributed by atoms with Gasteiger partial charge < -0.3 is 9.73 Å². The third-order valence-electron chi connectivity index (χ3n) is 4.64. The van der Waals surface area contributed by atoms with Crippen LogP contribution in [0.1, 0.15) is 52.5 Å². The smallest absolute Gasteiger partial charge is 0.229 e. The summed E-state index contributed by atoms with van der Waals surface area (Å²) < 4.78 is 5.93. The zero-order valence-corrected chi connectivity index (χ0v) is 16.1. The zero-order chi connectivity index (χ0) is 18.9. The molecule has 0 aliphatic carbocycles. The summed E-state index contributed by atoms with van der Waals surface area (Å²) in [5.41, 5.74) is 4.05. The van der Waals surface area contributed by atoms with E-state index < -0.39 is 5.41 Å². The van der Waals surface area contributed by atoms with Crippen LogP contribution in [0.5, 0.6) is 0 Å². The number of anilines is 1. The number of hydrogen-bond donors (Lipinski definition) is 1. The van der Waals surface area contributed by atoms with Crippen molar-refractivity contribution in [1.29, 1.82) is 0 Å². The Balaban J connectivity index is 1.91. The van der Waals surface area contributed by atoms with Crippen molar-refractivity contribution in [3.05, 3.63) is 48.0 Å². The summed E-state index contributed by atoms with van der Waals surface area (Å²) in [4.78, 5) is 16.9. The molecule has 0 radical (unpaired) electrons. The molecule has 4 heteroatoms. The highest BCUT2D eigenvalue weighted by Crippen LogP contribution is 2.29. The van der Waals surface area contributed by atoms with Crippen molar-refractivity contribution in [3.8, 4) is 11.5 Å². The fourth-order valence-corrected chi connectivity index (χ4v) is 2.66. The first kappa shape index (κ1) is 18.2. The Bertz CT molecular complexity index is 935. The number of carbonyl (C=O) groups is 1. The van der Waals surface area contributed by atoms with Crippen LogP contribution in [0.2, 0.25) is 0 Å². The summed E-state index contributed by atoms with van der Waals surface area (Å²) in [5.74, 6) is 1.04. The molecule has 0 fully saturated rings. The number of nitrogens with one attached hydrogen (secondary N) is 1. The van der Waals surface area contributed by atoms with Crippen molar-refractivity contribution in [3.63, 3.8) is 0 Å². The minimum atomic E-state index is -0.444. The predicted molar refractivity (Wildman–Crippen MR) is 106 cm³/mol. The Morgan fingerprint density at radius 3 is 2.65 bits per heavy atom. The molecular weight excluding hydrogens is 324 g/mol. The first-order valence-corrected chi connectivity index (χ1v) is 9.10. The minimum Gasteiger partial charge on any atom is -0.436 e. The summed E-state index contributed by atoms with van der Waals surface area (Å²) in [6.45, 7) is 10.1. The van der Waals surface area contributed by atoms with E-state index in [1.807, 2.05) is 51.1 Å². The lowest BCUT2D eigenvalue weighted by molar-refractivity contribution is -0.123. The van der Waals surface area contributed by atoms with Gasteiger partial charge in [-0.05, 0) is 48.2 Å². The van der Waals surface area contributed by atoms with Gasteiger partial charge >= 0.3 is 0 Å². The molecular formula is C22H26N2O2. The van der Waals surface area contributed by atoms with Gasteiger partial charge in [0.25, 0.3) is 0 Å². The van der Waals surface area contributed by atoms with E-state index in [0.29, 0.717) is 11.8 Å². The van der Waals surface area contributed by atoms with Crippen molar-refractivity contribution in [2.45, 2.75) is 47.0 Å². The molecule has 0 spiro atoms. The number of rotatable bonds is 4. The summed E-state index contributed by atoms with van der Waals surface area (Å²) in [7, 11) is 0. The minimum absolute atomic E-state index is 0.0228. The first-order valence-electron chi connectivity index (χ1n) is 9.10. The van der Waals surface area contributed by atoms with Gasteiger partial charge in [-0.25, -0.2) is 4.98 Å². The van der Waals surface area contributed by atoms with Gasteiger partial charge in [-0.15, -0.1) is 0 Å². The van der Waals surface area contributed by atoms with E-state index in [4.69, 9.17) is 4.42 Å². The number of oxazole rings is 1. The van der Waals surface area contributed by atoms with E-state index in [2.05, 4.69) is 36.3 Å². The lowest BCUT2D eigenvalue weighted by Crippen LogP contribution is -2.27. The van der Waals surface area contributed by atoms with Gasteiger partial charge in [-0.3, -0.25) is 4.79 Å². The standard InChI is InChI=1S/C22H26N2O2/c1-6-14(2)15-10-11-19-18(13-15)24-20(26-19)16-8-7-9-17(12-16)23-21(25)22(3,4)5/h7-14H,6H2,1-5H3,(H,23,25)/t14-/m0/s1. The molecule has 0 unspecified atom stereocenters. The van der Waals surface area contributed by atoms with Crippen LogP contribution in [0.25, 0.3) is 22.6 Å². The molecule has 1 aromatic heterocycles. The van der Waals surface area contributed by atoms with Crippen LogP contribution < -0.4 is 5.32 Å². The lowest BCUT2D eigenvalue weighted by atomic mass is 9.95. The van der Waals surface area contributed by atoms with E-state index in [1.165, 1.54) is 5.56 Å². The number of nitrogens with zero attached hydrogens (tertiary/aromatic N) is 1. The third-order valence-corrected chi connectivity index (χ3v) is 4.64. The number of carbonyl (C=O) groups excluding carboxylic acids is 1. The van der Waals surface area contributed by atoms with Gasteiger partial charge in [0.15, 0.2) is 5.58 Å².